The molecular weight excluding hydrogens is 380 g/mol. The van der Waals surface area contributed by atoms with Gasteiger partial charge < -0.3 is 4.90 Å². The zero-order chi connectivity index (χ0) is 19.8. The molecule has 0 unspecified atom stereocenters. The molecule has 0 fully saturated rings. The van der Waals surface area contributed by atoms with Crippen LogP contribution in [0.25, 0.3) is 26.9 Å². The van der Waals surface area contributed by atoms with Gasteiger partial charge in [-0.15, -0.1) is 11.3 Å². The van der Waals surface area contributed by atoms with Gasteiger partial charge in [-0.2, -0.15) is 0 Å². The molecule has 1 amide bonds. The number of aromatic nitrogens is 3. The maximum atomic E-state index is 12.9. The molecule has 5 aromatic rings. The molecule has 0 N–H and O–H groups in total. The minimum absolute atomic E-state index is 0.0219. The molecule has 0 aliphatic heterocycles. The Balaban J connectivity index is 1.35. The Bertz CT molecular complexity index is 1290. The number of amides is 1. The number of imidazole rings is 1. The summed E-state index contributed by atoms with van der Waals surface area (Å²) in [6.45, 7) is 0.492. The fourth-order valence-electron chi connectivity index (χ4n) is 3.41. The lowest BCUT2D eigenvalue weighted by molar-refractivity contribution is 0.0785. The van der Waals surface area contributed by atoms with Crippen molar-refractivity contribution < 1.29 is 4.79 Å². The summed E-state index contributed by atoms with van der Waals surface area (Å²) in [6, 6.07) is 23.6. The average molecular weight is 398 g/mol. The Labute approximate surface area is 171 Å². The molecule has 5 rings (SSSR count). The van der Waals surface area contributed by atoms with Crippen molar-refractivity contribution in [2.75, 3.05) is 7.05 Å². The molecule has 0 aliphatic carbocycles. The first kappa shape index (κ1) is 17.6. The largest absolute Gasteiger partial charge is 0.335 e. The maximum absolute atomic E-state index is 12.9. The summed E-state index contributed by atoms with van der Waals surface area (Å²) < 4.78 is 3.16. The molecule has 6 heteroatoms. The quantitative estimate of drug-likeness (QED) is 0.432. The lowest BCUT2D eigenvalue weighted by Crippen LogP contribution is -2.26. The fourth-order valence-corrected chi connectivity index (χ4v) is 4.43. The lowest BCUT2D eigenvalue weighted by atomic mass is 10.2. The highest BCUT2D eigenvalue weighted by Gasteiger charge is 2.15. The fraction of sp³-hybridized carbons (Fsp3) is 0.0870. The molecule has 3 aromatic carbocycles. The van der Waals surface area contributed by atoms with Crippen molar-refractivity contribution in [2.45, 2.75) is 6.54 Å². The van der Waals surface area contributed by atoms with Crippen molar-refractivity contribution >= 4 is 38.5 Å². The van der Waals surface area contributed by atoms with Crippen LogP contribution in [0.2, 0.25) is 0 Å². The molecule has 0 saturated carbocycles. The highest BCUT2D eigenvalue weighted by Crippen LogP contribution is 2.23. The van der Waals surface area contributed by atoms with Crippen LogP contribution in [0.4, 0.5) is 0 Å². The van der Waals surface area contributed by atoms with Crippen molar-refractivity contribution in [2.24, 2.45) is 0 Å². The first-order valence-corrected chi connectivity index (χ1v) is 10.1. The zero-order valence-electron chi connectivity index (χ0n) is 15.8. The molecule has 2 heterocycles. The molecule has 0 saturated heterocycles. The van der Waals surface area contributed by atoms with Gasteiger partial charge in [0.1, 0.15) is 11.3 Å². The number of hydrogen-bond acceptors (Lipinski definition) is 4. The summed E-state index contributed by atoms with van der Waals surface area (Å²) in [5, 5.41) is 0.934. The van der Waals surface area contributed by atoms with Crippen molar-refractivity contribution in [3.05, 3.63) is 89.7 Å². The van der Waals surface area contributed by atoms with Gasteiger partial charge in [-0.1, -0.05) is 24.3 Å². The van der Waals surface area contributed by atoms with Gasteiger partial charge in [0.05, 0.1) is 27.8 Å². The number of para-hydroxylation sites is 3. The second kappa shape index (κ2) is 7.14. The standard InChI is InChI=1S/C23H18N4OS/c1-26(14-22-25-19-7-3-5-9-21(19)29-22)23(28)16-10-12-17(13-11-16)27-15-24-18-6-2-4-8-20(18)27/h2-13,15H,14H2,1H3. The third-order valence-electron chi connectivity index (χ3n) is 4.90. The van der Waals surface area contributed by atoms with Crippen molar-refractivity contribution in [3.8, 4) is 5.69 Å². The lowest BCUT2D eigenvalue weighted by Gasteiger charge is -2.16. The van der Waals surface area contributed by atoms with Crippen molar-refractivity contribution in [1.82, 2.24) is 19.4 Å². The number of carbonyl (C=O) groups is 1. The van der Waals surface area contributed by atoms with Gasteiger partial charge in [-0.25, -0.2) is 9.97 Å². The molecule has 0 spiro atoms. The summed E-state index contributed by atoms with van der Waals surface area (Å²) in [5.41, 5.74) is 4.60. The van der Waals surface area contributed by atoms with Crippen LogP contribution < -0.4 is 0 Å². The first-order valence-electron chi connectivity index (χ1n) is 9.31. The SMILES string of the molecule is CN(Cc1nc2ccccc2s1)C(=O)c1ccc(-n2cnc3ccccc32)cc1. The van der Waals surface area contributed by atoms with Gasteiger partial charge >= 0.3 is 0 Å². The molecule has 5 nitrogen and oxygen atoms in total. The topological polar surface area (TPSA) is 51.0 Å². The zero-order valence-corrected chi connectivity index (χ0v) is 16.6. The van der Waals surface area contributed by atoms with E-state index in [1.807, 2.05) is 78.3 Å². The maximum Gasteiger partial charge on any atom is 0.253 e. The number of carbonyl (C=O) groups excluding carboxylic acids is 1. The third kappa shape index (κ3) is 3.28. The second-order valence-electron chi connectivity index (χ2n) is 6.89. The number of fused-ring (bicyclic) bond motifs is 2. The van der Waals surface area contributed by atoms with Gasteiger partial charge in [0.2, 0.25) is 0 Å². The summed E-state index contributed by atoms with van der Waals surface area (Å²) in [7, 11) is 1.81. The van der Waals surface area contributed by atoms with Gasteiger partial charge in [-0.05, 0) is 48.5 Å². The van der Waals surface area contributed by atoms with Crippen LogP contribution in [0.3, 0.4) is 0 Å². The van der Waals surface area contributed by atoms with E-state index in [0.29, 0.717) is 12.1 Å². The number of nitrogens with zero attached hydrogens (tertiary/aromatic N) is 4. The molecular formula is C23H18N4OS. The van der Waals surface area contributed by atoms with Crippen LogP contribution in [0.5, 0.6) is 0 Å². The van der Waals surface area contributed by atoms with E-state index in [1.54, 1.807) is 22.6 Å². The summed E-state index contributed by atoms with van der Waals surface area (Å²) >= 11 is 1.62. The Morgan fingerprint density at radius 3 is 2.48 bits per heavy atom. The normalized spacial score (nSPS) is 11.2. The molecule has 2 aromatic heterocycles. The highest BCUT2D eigenvalue weighted by molar-refractivity contribution is 7.18. The van der Waals surface area contributed by atoms with E-state index in [1.165, 1.54) is 0 Å². The van der Waals surface area contributed by atoms with Crippen LogP contribution in [0.15, 0.2) is 79.1 Å². The summed E-state index contributed by atoms with van der Waals surface area (Å²) in [5.74, 6) is -0.0219. The Morgan fingerprint density at radius 2 is 1.69 bits per heavy atom. The molecule has 0 bridgehead atoms. The van der Waals surface area contributed by atoms with E-state index in [2.05, 4.69) is 16.0 Å². The van der Waals surface area contributed by atoms with Gasteiger partial charge in [0.15, 0.2) is 0 Å². The van der Waals surface area contributed by atoms with E-state index < -0.39 is 0 Å². The highest BCUT2D eigenvalue weighted by atomic mass is 32.1. The molecule has 0 atom stereocenters. The van der Waals surface area contributed by atoms with Gasteiger partial charge in [0.25, 0.3) is 5.91 Å². The molecule has 0 radical (unpaired) electrons. The predicted molar refractivity (Wildman–Crippen MR) is 116 cm³/mol. The molecule has 142 valence electrons. The van der Waals surface area contributed by atoms with E-state index in [0.717, 1.165) is 31.9 Å². The van der Waals surface area contributed by atoms with E-state index in [9.17, 15) is 4.79 Å². The average Bonchev–Trinajstić information content (AvgIpc) is 3.37. The van der Waals surface area contributed by atoms with E-state index >= 15 is 0 Å². The smallest absolute Gasteiger partial charge is 0.253 e. The van der Waals surface area contributed by atoms with Gasteiger partial charge in [0, 0.05) is 18.3 Å². The van der Waals surface area contributed by atoms with Crippen LogP contribution >= 0.6 is 11.3 Å². The van der Waals surface area contributed by atoms with E-state index in [-0.39, 0.29) is 5.91 Å². The van der Waals surface area contributed by atoms with Crippen molar-refractivity contribution in [1.29, 1.82) is 0 Å². The van der Waals surface area contributed by atoms with Crippen LogP contribution in [-0.4, -0.2) is 32.4 Å². The van der Waals surface area contributed by atoms with Crippen molar-refractivity contribution in [3.63, 3.8) is 0 Å². The minimum atomic E-state index is -0.0219. The molecule has 0 aliphatic rings. The summed E-state index contributed by atoms with van der Waals surface area (Å²) in [6.07, 6.45) is 1.81. The minimum Gasteiger partial charge on any atom is -0.335 e. The predicted octanol–water partition coefficient (Wildman–Crippen LogP) is 4.91. The number of rotatable bonds is 4. The number of hydrogen-bond donors (Lipinski definition) is 0. The Kier molecular flexibility index (Phi) is 4.33. The number of thiazole rings is 1. The Morgan fingerprint density at radius 1 is 0.966 bits per heavy atom. The third-order valence-corrected chi connectivity index (χ3v) is 5.92. The van der Waals surface area contributed by atoms with Crippen LogP contribution in [0, 0.1) is 0 Å². The van der Waals surface area contributed by atoms with Gasteiger partial charge in [-0.3, -0.25) is 9.36 Å². The Hall–Kier alpha value is -3.51. The summed E-state index contributed by atoms with van der Waals surface area (Å²) in [4.78, 5) is 23.6. The molecule has 29 heavy (non-hydrogen) atoms. The van der Waals surface area contributed by atoms with E-state index in [4.69, 9.17) is 0 Å². The van der Waals surface area contributed by atoms with Crippen LogP contribution in [-0.2, 0) is 6.54 Å². The first-order chi connectivity index (χ1) is 14.2. The second-order valence-corrected chi connectivity index (χ2v) is 8.00. The monoisotopic (exact) mass is 398 g/mol. The number of benzene rings is 3. The van der Waals surface area contributed by atoms with Crippen LogP contribution in [0.1, 0.15) is 15.4 Å².